The number of benzene rings is 1. The van der Waals surface area contributed by atoms with Crippen molar-refractivity contribution in [2.45, 2.75) is 51.1 Å². The summed E-state index contributed by atoms with van der Waals surface area (Å²) < 4.78 is 39.2. The third kappa shape index (κ3) is 4.82. The van der Waals surface area contributed by atoms with Gasteiger partial charge in [0.05, 0.1) is 11.3 Å². The Morgan fingerprint density at radius 2 is 1.56 bits per heavy atom. The fourth-order valence-electron chi connectivity index (χ4n) is 4.04. The monoisotopic (exact) mass is 382 g/mol. The Hall–Kier alpha value is -2.05. The molecule has 2 amide bonds. The Labute approximate surface area is 157 Å². The number of rotatable bonds is 3. The number of hydrogen-bond donors (Lipinski definition) is 1. The molecule has 0 aromatic heterocycles. The molecule has 2 aliphatic rings. The molecule has 7 heteroatoms. The summed E-state index contributed by atoms with van der Waals surface area (Å²) in [7, 11) is 0. The highest BCUT2D eigenvalue weighted by Gasteiger charge is 2.35. The van der Waals surface area contributed by atoms with Crippen molar-refractivity contribution < 1.29 is 22.8 Å². The molecule has 0 bridgehead atoms. The molecule has 1 N–H and O–H groups in total. The van der Waals surface area contributed by atoms with E-state index in [2.05, 4.69) is 5.32 Å². The van der Waals surface area contributed by atoms with Gasteiger partial charge in [-0.15, -0.1) is 0 Å². The minimum atomic E-state index is -4.51. The van der Waals surface area contributed by atoms with Crippen LogP contribution in [0.4, 0.5) is 18.9 Å². The molecule has 1 aliphatic heterocycles. The van der Waals surface area contributed by atoms with Crippen LogP contribution in [-0.4, -0.2) is 29.8 Å². The van der Waals surface area contributed by atoms with Crippen LogP contribution in [0.1, 0.15) is 50.5 Å². The molecular weight excluding hydrogens is 357 g/mol. The predicted octanol–water partition coefficient (Wildman–Crippen LogP) is 4.46. The lowest BCUT2D eigenvalue weighted by molar-refractivity contribution is -0.139. The van der Waals surface area contributed by atoms with Crippen LogP contribution in [-0.2, 0) is 15.8 Å². The van der Waals surface area contributed by atoms with Gasteiger partial charge in [-0.1, -0.05) is 31.4 Å². The van der Waals surface area contributed by atoms with Crippen LogP contribution >= 0.6 is 0 Å². The van der Waals surface area contributed by atoms with E-state index in [4.69, 9.17) is 0 Å². The van der Waals surface area contributed by atoms with Gasteiger partial charge in [-0.3, -0.25) is 9.59 Å². The number of carbonyl (C=O) groups excluding carboxylic acids is 2. The summed E-state index contributed by atoms with van der Waals surface area (Å²) in [4.78, 5) is 26.8. The highest BCUT2D eigenvalue weighted by molar-refractivity contribution is 5.93. The van der Waals surface area contributed by atoms with Crippen molar-refractivity contribution in [2.24, 2.45) is 11.8 Å². The largest absolute Gasteiger partial charge is 0.418 e. The maximum absolute atomic E-state index is 13.1. The van der Waals surface area contributed by atoms with Crippen molar-refractivity contribution in [1.82, 2.24) is 4.90 Å². The molecule has 27 heavy (non-hydrogen) atoms. The smallest absolute Gasteiger partial charge is 0.342 e. The minimum absolute atomic E-state index is 0.0998. The molecule has 0 radical (unpaired) electrons. The van der Waals surface area contributed by atoms with Crippen LogP contribution in [0, 0.1) is 11.8 Å². The van der Waals surface area contributed by atoms with Crippen molar-refractivity contribution >= 4 is 17.5 Å². The van der Waals surface area contributed by atoms with Crippen LogP contribution < -0.4 is 5.32 Å². The summed E-state index contributed by atoms with van der Waals surface area (Å²) in [5.74, 6) is -0.503. The van der Waals surface area contributed by atoms with Crippen molar-refractivity contribution in [3.63, 3.8) is 0 Å². The highest BCUT2D eigenvalue weighted by atomic mass is 19.4. The Balaban J connectivity index is 1.55. The number of anilines is 1. The number of amides is 2. The number of nitrogens with zero attached hydrogens (tertiary/aromatic N) is 1. The molecule has 0 atom stereocenters. The second-order valence-corrected chi connectivity index (χ2v) is 7.47. The lowest BCUT2D eigenvalue weighted by atomic mass is 9.87. The first kappa shape index (κ1) is 19.7. The van der Waals surface area contributed by atoms with Crippen molar-refractivity contribution in [1.29, 1.82) is 0 Å². The van der Waals surface area contributed by atoms with E-state index >= 15 is 0 Å². The lowest BCUT2D eigenvalue weighted by Crippen LogP contribution is -2.44. The maximum atomic E-state index is 13.1. The van der Waals surface area contributed by atoms with Gasteiger partial charge >= 0.3 is 6.18 Å². The molecule has 1 saturated carbocycles. The van der Waals surface area contributed by atoms with Gasteiger partial charge in [-0.05, 0) is 37.8 Å². The Morgan fingerprint density at radius 1 is 0.926 bits per heavy atom. The highest BCUT2D eigenvalue weighted by Crippen LogP contribution is 2.35. The number of hydrogen-bond acceptors (Lipinski definition) is 2. The summed E-state index contributed by atoms with van der Waals surface area (Å²) in [5, 5.41) is 2.43. The second-order valence-electron chi connectivity index (χ2n) is 7.47. The molecule has 2 fully saturated rings. The molecule has 1 aliphatic carbocycles. The number of piperidine rings is 1. The fourth-order valence-corrected chi connectivity index (χ4v) is 4.04. The van der Waals surface area contributed by atoms with Gasteiger partial charge in [0.15, 0.2) is 0 Å². The lowest BCUT2D eigenvalue weighted by Gasteiger charge is -2.34. The summed E-state index contributed by atoms with van der Waals surface area (Å²) in [5.41, 5.74) is -1.06. The zero-order valence-electron chi connectivity index (χ0n) is 15.2. The van der Waals surface area contributed by atoms with Gasteiger partial charge in [-0.25, -0.2) is 0 Å². The Morgan fingerprint density at radius 3 is 2.19 bits per heavy atom. The number of carbonyl (C=O) groups is 2. The summed E-state index contributed by atoms with van der Waals surface area (Å²) in [6.07, 6.45) is 1.70. The van der Waals surface area contributed by atoms with Crippen molar-refractivity contribution in [2.75, 3.05) is 18.4 Å². The number of para-hydroxylation sites is 1. The minimum Gasteiger partial charge on any atom is -0.342 e. The van der Waals surface area contributed by atoms with E-state index in [1.165, 1.54) is 24.6 Å². The van der Waals surface area contributed by atoms with Gasteiger partial charge in [0.2, 0.25) is 11.8 Å². The van der Waals surface area contributed by atoms with Crippen molar-refractivity contribution in [3.8, 4) is 0 Å². The first-order valence-electron chi connectivity index (χ1n) is 9.62. The van der Waals surface area contributed by atoms with Gasteiger partial charge in [0, 0.05) is 24.9 Å². The van der Waals surface area contributed by atoms with Gasteiger partial charge in [0.1, 0.15) is 0 Å². The first-order chi connectivity index (χ1) is 12.9. The first-order valence-corrected chi connectivity index (χ1v) is 9.62. The van der Waals surface area contributed by atoms with Crippen LogP contribution in [0.5, 0.6) is 0 Å². The molecular formula is C20H25F3N2O2. The van der Waals surface area contributed by atoms with Crippen LogP contribution in [0.25, 0.3) is 0 Å². The van der Waals surface area contributed by atoms with E-state index in [0.29, 0.717) is 25.9 Å². The van der Waals surface area contributed by atoms with E-state index in [-0.39, 0.29) is 23.4 Å². The summed E-state index contributed by atoms with van der Waals surface area (Å²) in [6.45, 7) is 0.989. The predicted molar refractivity (Wildman–Crippen MR) is 96.0 cm³/mol. The van der Waals surface area contributed by atoms with Gasteiger partial charge < -0.3 is 10.2 Å². The molecule has 1 saturated heterocycles. The van der Waals surface area contributed by atoms with Crippen LogP contribution in [0.15, 0.2) is 24.3 Å². The second kappa shape index (κ2) is 8.31. The molecule has 4 nitrogen and oxygen atoms in total. The van der Waals surface area contributed by atoms with E-state index in [0.717, 1.165) is 31.7 Å². The van der Waals surface area contributed by atoms with E-state index in [1.54, 1.807) is 0 Å². The fraction of sp³-hybridized carbons (Fsp3) is 0.600. The summed E-state index contributed by atoms with van der Waals surface area (Å²) >= 11 is 0. The van der Waals surface area contributed by atoms with Crippen LogP contribution in [0.2, 0.25) is 0 Å². The third-order valence-corrected chi connectivity index (χ3v) is 5.62. The third-order valence-electron chi connectivity index (χ3n) is 5.62. The zero-order chi connectivity index (χ0) is 19.4. The maximum Gasteiger partial charge on any atom is 0.418 e. The average molecular weight is 382 g/mol. The topological polar surface area (TPSA) is 49.4 Å². The number of likely N-dealkylation sites (tertiary alicyclic amines) is 1. The molecule has 0 unspecified atom stereocenters. The van der Waals surface area contributed by atoms with E-state index < -0.39 is 17.6 Å². The Bertz CT molecular complexity index is 676. The summed E-state index contributed by atoms with van der Waals surface area (Å²) in [6, 6.07) is 4.99. The standard InChI is InChI=1S/C20H25F3N2O2/c21-20(22,23)16-8-4-5-9-17(16)24-18(26)14-10-12-25(13-11-14)19(27)15-6-2-1-3-7-15/h4-5,8-9,14-15H,1-3,6-7,10-13H2,(H,24,26). The van der Waals surface area contributed by atoms with Crippen molar-refractivity contribution in [3.05, 3.63) is 29.8 Å². The number of halogens is 3. The zero-order valence-corrected chi connectivity index (χ0v) is 15.2. The molecule has 148 valence electrons. The normalized spacial score (nSPS) is 19.7. The quantitative estimate of drug-likeness (QED) is 0.839. The molecule has 1 heterocycles. The molecule has 0 spiro atoms. The van der Waals surface area contributed by atoms with E-state index in [1.807, 2.05) is 4.90 Å². The Kier molecular flexibility index (Phi) is 6.07. The van der Waals surface area contributed by atoms with Crippen LogP contribution in [0.3, 0.4) is 0 Å². The number of nitrogens with one attached hydrogen (secondary N) is 1. The molecule has 1 aromatic rings. The van der Waals surface area contributed by atoms with Gasteiger partial charge in [-0.2, -0.15) is 13.2 Å². The SMILES string of the molecule is O=C(Nc1ccccc1C(F)(F)F)C1CCN(C(=O)C2CCCCC2)CC1. The number of alkyl halides is 3. The molecule has 3 rings (SSSR count). The molecule has 1 aromatic carbocycles. The van der Waals surface area contributed by atoms with E-state index in [9.17, 15) is 22.8 Å². The average Bonchev–Trinajstić information content (AvgIpc) is 2.68. The van der Waals surface area contributed by atoms with Gasteiger partial charge in [0.25, 0.3) is 0 Å².